The maximum absolute atomic E-state index is 10.2. The van der Waals surface area contributed by atoms with Crippen LogP contribution in [0.4, 0.5) is 0 Å². The normalized spacial score (nSPS) is 10.8. The first-order chi connectivity index (χ1) is 5.74. The van der Waals surface area contributed by atoms with E-state index in [-0.39, 0.29) is 0 Å². The summed E-state index contributed by atoms with van der Waals surface area (Å²) in [4.78, 5) is 14.1. The molecule has 0 amide bonds. The predicted molar refractivity (Wildman–Crippen MR) is 44.6 cm³/mol. The van der Waals surface area contributed by atoms with E-state index in [0.717, 1.165) is 12.6 Å². The molecule has 0 bridgehead atoms. The van der Waals surface area contributed by atoms with Crippen LogP contribution < -0.4 is 0 Å². The molecule has 0 radical (unpaired) electrons. The Morgan fingerprint density at radius 1 is 1.83 bits per heavy atom. The molecule has 4 heteroatoms. The zero-order valence-corrected chi connectivity index (χ0v) is 6.77. The van der Waals surface area contributed by atoms with Crippen molar-refractivity contribution in [3.63, 3.8) is 0 Å². The molecule has 0 aliphatic rings. The Balaban J connectivity index is 2.81. The number of rotatable bonds is 3. The Morgan fingerprint density at radius 3 is 3.17 bits per heavy atom. The van der Waals surface area contributed by atoms with Gasteiger partial charge in [-0.15, -0.1) is 0 Å². The molecule has 64 valence electrons. The molecule has 1 rings (SSSR count). The van der Waals surface area contributed by atoms with Gasteiger partial charge in [0.15, 0.2) is 0 Å². The van der Waals surface area contributed by atoms with Crippen LogP contribution >= 0.6 is 0 Å². The summed E-state index contributed by atoms with van der Waals surface area (Å²) in [6, 6.07) is 0. The molecular weight excluding hydrogens is 156 g/mol. The van der Waals surface area contributed by atoms with Gasteiger partial charge in [-0.2, -0.15) is 0 Å². The van der Waals surface area contributed by atoms with E-state index < -0.39 is 5.97 Å². The van der Waals surface area contributed by atoms with Gasteiger partial charge in [-0.3, -0.25) is 0 Å². The molecule has 0 saturated carbocycles. The summed E-state index contributed by atoms with van der Waals surface area (Å²) in [7, 11) is 0. The summed E-state index contributed by atoms with van der Waals surface area (Å²) in [5, 5.41) is 8.35. The Labute approximate surface area is 70.2 Å². The molecule has 0 atom stereocenters. The first-order valence-electron chi connectivity index (χ1n) is 3.66. The molecule has 1 aromatic heterocycles. The Hall–Kier alpha value is -1.58. The van der Waals surface area contributed by atoms with E-state index in [1.807, 2.05) is 17.7 Å². The monoisotopic (exact) mass is 166 g/mol. The van der Waals surface area contributed by atoms with E-state index in [9.17, 15) is 4.79 Å². The lowest BCUT2D eigenvalue weighted by Gasteiger charge is -1.97. The van der Waals surface area contributed by atoms with Crippen LogP contribution in [0.2, 0.25) is 0 Å². The minimum absolute atomic E-state index is 0.667. The van der Waals surface area contributed by atoms with E-state index in [1.54, 1.807) is 6.20 Å². The molecule has 4 nitrogen and oxygen atoms in total. The minimum Gasteiger partial charge on any atom is -0.478 e. The van der Waals surface area contributed by atoms with Gasteiger partial charge in [-0.05, 0) is 13.0 Å². The number of aromatic nitrogens is 2. The maximum Gasteiger partial charge on any atom is 0.328 e. The highest BCUT2D eigenvalue weighted by Gasteiger charge is 1.95. The summed E-state index contributed by atoms with van der Waals surface area (Å²) in [5.74, 6) is -0.291. The molecule has 12 heavy (non-hydrogen) atoms. The second kappa shape index (κ2) is 3.71. The van der Waals surface area contributed by atoms with Crippen molar-refractivity contribution in [3.05, 3.63) is 24.3 Å². The van der Waals surface area contributed by atoms with Crippen LogP contribution in [0.1, 0.15) is 12.7 Å². The fourth-order valence-electron chi connectivity index (χ4n) is 0.893. The van der Waals surface area contributed by atoms with Crippen molar-refractivity contribution in [3.8, 4) is 0 Å². The van der Waals surface area contributed by atoms with Crippen molar-refractivity contribution in [2.75, 3.05) is 0 Å². The summed E-state index contributed by atoms with van der Waals surface area (Å²) in [6.45, 7) is 2.76. The minimum atomic E-state index is -0.958. The van der Waals surface area contributed by atoms with E-state index in [2.05, 4.69) is 4.98 Å². The number of aryl methyl sites for hydroxylation is 1. The molecule has 0 aliphatic heterocycles. The molecule has 1 heterocycles. The standard InChI is InChI=1S/C8H10N2O2/c1-2-10-6-5-9-7(10)3-4-8(11)12/h3-6H,2H2,1H3,(H,11,12)/b4-3+. The second-order valence-electron chi connectivity index (χ2n) is 2.24. The number of aliphatic carboxylic acids is 1. The zero-order chi connectivity index (χ0) is 8.97. The van der Waals surface area contributed by atoms with Gasteiger partial charge in [-0.25, -0.2) is 9.78 Å². The van der Waals surface area contributed by atoms with Crippen molar-refractivity contribution in [2.45, 2.75) is 13.5 Å². The van der Waals surface area contributed by atoms with Gasteiger partial charge in [0.25, 0.3) is 0 Å². The molecular formula is C8H10N2O2. The molecule has 0 aliphatic carbocycles. The average molecular weight is 166 g/mol. The molecule has 0 aromatic carbocycles. The van der Waals surface area contributed by atoms with Crippen LogP contribution in [0.3, 0.4) is 0 Å². The van der Waals surface area contributed by atoms with E-state index in [4.69, 9.17) is 5.11 Å². The van der Waals surface area contributed by atoms with Crippen LogP contribution in [-0.2, 0) is 11.3 Å². The lowest BCUT2D eigenvalue weighted by atomic mass is 10.4. The third-order valence-electron chi connectivity index (χ3n) is 1.46. The van der Waals surface area contributed by atoms with Crippen LogP contribution in [0, 0.1) is 0 Å². The number of nitrogens with zero attached hydrogens (tertiary/aromatic N) is 2. The highest BCUT2D eigenvalue weighted by atomic mass is 16.4. The zero-order valence-electron chi connectivity index (χ0n) is 6.77. The average Bonchev–Trinajstić information content (AvgIpc) is 2.47. The molecule has 0 saturated heterocycles. The predicted octanol–water partition coefficient (Wildman–Crippen LogP) is 1.00. The number of hydrogen-bond donors (Lipinski definition) is 1. The van der Waals surface area contributed by atoms with E-state index in [0.29, 0.717) is 5.82 Å². The molecule has 1 N–H and O–H groups in total. The topological polar surface area (TPSA) is 55.1 Å². The SMILES string of the molecule is CCn1ccnc1/C=C/C(=O)O. The number of carboxylic acid groups (broad SMARTS) is 1. The third-order valence-corrected chi connectivity index (χ3v) is 1.46. The van der Waals surface area contributed by atoms with Crippen molar-refractivity contribution in [2.24, 2.45) is 0 Å². The number of hydrogen-bond acceptors (Lipinski definition) is 2. The Morgan fingerprint density at radius 2 is 2.58 bits per heavy atom. The van der Waals surface area contributed by atoms with Crippen molar-refractivity contribution in [1.29, 1.82) is 0 Å². The van der Waals surface area contributed by atoms with Crippen molar-refractivity contribution >= 4 is 12.0 Å². The highest BCUT2D eigenvalue weighted by Crippen LogP contribution is 1.99. The second-order valence-corrected chi connectivity index (χ2v) is 2.24. The lowest BCUT2D eigenvalue weighted by Crippen LogP contribution is -1.96. The summed E-state index contributed by atoms with van der Waals surface area (Å²) in [6.07, 6.45) is 6.01. The fourth-order valence-corrected chi connectivity index (χ4v) is 0.893. The number of carbonyl (C=O) groups is 1. The van der Waals surface area contributed by atoms with Gasteiger partial charge in [-0.1, -0.05) is 0 Å². The van der Waals surface area contributed by atoms with E-state index in [1.165, 1.54) is 6.08 Å². The first-order valence-corrected chi connectivity index (χ1v) is 3.66. The third kappa shape index (κ3) is 1.95. The Kier molecular flexibility index (Phi) is 2.63. The highest BCUT2D eigenvalue weighted by molar-refractivity contribution is 5.84. The van der Waals surface area contributed by atoms with Gasteiger partial charge < -0.3 is 9.67 Å². The smallest absolute Gasteiger partial charge is 0.328 e. The quantitative estimate of drug-likeness (QED) is 0.681. The van der Waals surface area contributed by atoms with Crippen LogP contribution in [0.15, 0.2) is 18.5 Å². The van der Waals surface area contributed by atoms with Gasteiger partial charge in [0.2, 0.25) is 0 Å². The first kappa shape index (κ1) is 8.52. The van der Waals surface area contributed by atoms with Gasteiger partial charge in [0.05, 0.1) is 0 Å². The van der Waals surface area contributed by atoms with Gasteiger partial charge in [0, 0.05) is 25.0 Å². The van der Waals surface area contributed by atoms with Crippen LogP contribution in [0.25, 0.3) is 6.08 Å². The molecule has 1 aromatic rings. The molecule has 0 unspecified atom stereocenters. The summed E-state index contributed by atoms with van der Waals surface area (Å²) >= 11 is 0. The Bertz CT molecular complexity index is 302. The van der Waals surface area contributed by atoms with Gasteiger partial charge >= 0.3 is 5.97 Å². The molecule has 0 fully saturated rings. The summed E-state index contributed by atoms with van der Waals surface area (Å²) in [5.41, 5.74) is 0. The number of imidazole rings is 1. The van der Waals surface area contributed by atoms with Crippen LogP contribution in [-0.4, -0.2) is 20.6 Å². The van der Waals surface area contributed by atoms with Crippen molar-refractivity contribution < 1.29 is 9.90 Å². The summed E-state index contributed by atoms with van der Waals surface area (Å²) < 4.78 is 1.86. The fraction of sp³-hybridized carbons (Fsp3) is 0.250. The molecule has 0 spiro atoms. The lowest BCUT2D eigenvalue weighted by molar-refractivity contribution is -0.131. The van der Waals surface area contributed by atoms with E-state index >= 15 is 0 Å². The van der Waals surface area contributed by atoms with Gasteiger partial charge in [0.1, 0.15) is 5.82 Å². The number of carboxylic acids is 1. The van der Waals surface area contributed by atoms with Crippen molar-refractivity contribution in [1.82, 2.24) is 9.55 Å². The maximum atomic E-state index is 10.2. The van der Waals surface area contributed by atoms with Crippen LogP contribution in [0.5, 0.6) is 0 Å². The largest absolute Gasteiger partial charge is 0.478 e.